The van der Waals surface area contributed by atoms with Gasteiger partial charge in [0.05, 0.1) is 29.9 Å². The van der Waals surface area contributed by atoms with Crippen molar-refractivity contribution in [1.82, 2.24) is 29.6 Å². The molecule has 1 aliphatic heterocycles. The summed E-state index contributed by atoms with van der Waals surface area (Å²) in [4.78, 5) is 33.6. The molecule has 2 N–H and O–H groups in total. The topological polar surface area (TPSA) is 116 Å². The van der Waals surface area contributed by atoms with Crippen LogP contribution in [0.3, 0.4) is 0 Å². The summed E-state index contributed by atoms with van der Waals surface area (Å²) in [6, 6.07) is 9.45. The number of hydrogen-bond donors (Lipinski definition) is 2. The summed E-state index contributed by atoms with van der Waals surface area (Å²) < 4.78 is 8.85. The molecule has 0 radical (unpaired) electrons. The Balaban J connectivity index is 1.38. The molecule has 0 aliphatic carbocycles. The predicted octanol–water partition coefficient (Wildman–Crippen LogP) is 3.72. The fraction of sp³-hybridized carbons (Fsp3) is 0.269. The van der Waals surface area contributed by atoms with Gasteiger partial charge in [0.2, 0.25) is 5.95 Å². The maximum Gasteiger partial charge on any atom is 0.341 e. The lowest BCUT2D eigenvalue weighted by Gasteiger charge is -2.17. The molecule has 10 nitrogen and oxygen atoms in total. The average Bonchev–Trinajstić information content (AvgIpc) is 3.37. The van der Waals surface area contributed by atoms with Crippen molar-refractivity contribution in [1.29, 1.82) is 0 Å². The third kappa shape index (κ3) is 4.00. The number of carbonyl (C=O) groups excluding carboxylic acids is 2. The third-order valence-corrected chi connectivity index (χ3v) is 6.39. The summed E-state index contributed by atoms with van der Waals surface area (Å²) in [6.07, 6.45) is 3.23. The maximum atomic E-state index is 12.4. The Morgan fingerprint density at radius 1 is 1.14 bits per heavy atom. The number of rotatable bonds is 6. The molecular formula is C26H27N7O3. The van der Waals surface area contributed by atoms with E-state index in [0.29, 0.717) is 36.1 Å². The highest BCUT2D eigenvalue weighted by molar-refractivity contribution is 5.97. The highest BCUT2D eigenvalue weighted by Gasteiger charge is 2.26. The largest absolute Gasteiger partial charge is 0.462 e. The monoisotopic (exact) mass is 485 g/mol. The summed E-state index contributed by atoms with van der Waals surface area (Å²) in [5, 5.41) is 10.5. The van der Waals surface area contributed by atoms with E-state index in [9.17, 15) is 9.59 Å². The Hall–Kier alpha value is -4.47. The average molecular weight is 486 g/mol. The van der Waals surface area contributed by atoms with E-state index in [2.05, 4.69) is 25.3 Å². The van der Waals surface area contributed by atoms with E-state index < -0.39 is 0 Å². The first kappa shape index (κ1) is 23.3. The Labute approximate surface area is 208 Å². The molecule has 1 aliphatic rings. The van der Waals surface area contributed by atoms with E-state index >= 15 is 0 Å². The van der Waals surface area contributed by atoms with Crippen LogP contribution in [0.2, 0.25) is 0 Å². The molecule has 4 heterocycles. The summed E-state index contributed by atoms with van der Waals surface area (Å²) in [5.41, 5.74) is 7.10. The number of benzene rings is 1. The Bertz CT molecular complexity index is 1470. The minimum absolute atomic E-state index is 0.0533. The fourth-order valence-electron chi connectivity index (χ4n) is 4.66. The minimum atomic E-state index is -0.383. The molecule has 1 amide bonds. The van der Waals surface area contributed by atoms with E-state index in [-0.39, 0.29) is 11.9 Å². The van der Waals surface area contributed by atoms with E-state index in [0.717, 1.165) is 40.4 Å². The molecule has 0 atom stereocenters. The molecule has 36 heavy (non-hydrogen) atoms. The number of carbonyl (C=O) groups is 2. The van der Waals surface area contributed by atoms with Crippen molar-refractivity contribution in [3.63, 3.8) is 0 Å². The highest BCUT2D eigenvalue weighted by Crippen LogP contribution is 2.32. The molecule has 10 heteroatoms. The van der Waals surface area contributed by atoms with Gasteiger partial charge in [-0.2, -0.15) is 5.10 Å². The lowest BCUT2D eigenvalue weighted by molar-refractivity contribution is 0.0525. The van der Waals surface area contributed by atoms with E-state index in [4.69, 9.17) is 9.72 Å². The van der Waals surface area contributed by atoms with Gasteiger partial charge in [-0.05, 0) is 63.6 Å². The Kier molecular flexibility index (Phi) is 6.01. The van der Waals surface area contributed by atoms with Crippen LogP contribution in [0.25, 0.3) is 16.9 Å². The summed E-state index contributed by atoms with van der Waals surface area (Å²) in [5.74, 6) is 0.0154. The maximum absolute atomic E-state index is 12.4. The van der Waals surface area contributed by atoms with Gasteiger partial charge in [-0.15, -0.1) is 0 Å². The number of hydrogen-bond acceptors (Lipinski definition) is 7. The highest BCUT2D eigenvalue weighted by atomic mass is 16.5. The molecule has 3 aromatic heterocycles. The van der Waals surface area contributed by atoms with Gasteiger partial charge in [-0.25, -0.2) is 19.4 Å². The molecule has 5 rings (SSSR count). The fourth-order valence-corrected chi connectivity index (χ4v) is 4.66. The lowest BCUT2D eigenvalue weighted by atomic mass is 10.1. The normalized spacial score (nSPS) is 12.7. The SMILES string of the molecule is CCOC(=O)c1cnn(-c2ccc(Nc3nccc(-c4c(C)c5n(c4C)CCNC5=O)n3)cc2)c1C. The lowest BCUT2D eigenvalue weighted by Crippen LogP contribution is -2.35. The zero-order valence-electron chi connectivity index (χ0n) is 20.6. The second kappa shape index (κ2) is 9.29. The van der Waals surface area contributed by atoms with Crippen molar-refractivity contribution < 1.29 is 14.3 Å². The second-order valence-electron chi connectivity index (χ2n) is 8.55. The Morgan fingerprint density at radius 3 is 2.64 bits per heavy atom. The van der Waals surface area contributed by atoms with Gasteiger partial charge in [0, 0.05) is 36.2 Å². The van der Waals surface area contributed by atoms with Crippen LogP contribution in [0.1, 0.15) is 44.7 Å². The zero-order valence-corrected chi connectivity index (χ0v) is 20.6. The van der Waals surface area contributed by atoms with Crippen LogP contribution in [0.4, 0.5) is 11.6 Å². The van der Waals surface area contributed by atoms with Crippen LogP contribution >= 0.6 is 0 Å². The van der Waals surface area contributed by atoms with E-state index in [1.165, 1.54) is 6.20 Å². The van der Waals surface area contributed by atoms with Gasteiger partial charge in [-0.3, -0.25) is 4.79 Å². The summed E-state index contributed by atoms with van der Waals surface area (Å²) >= 11 is 0. The molecule has 1 aromatic carbocycles. The van der Waals surface area contributed by atoms with Crippen molar-refractivity contribution in [2.75, 3.05) is 18.5 Å². The van der Waals surface area contributed by atoms with Crippen molar-refractivity contribution in [3.8, 4) is 16.9 Å². The Morgan fingerprint density at radius 2 is 1.92 bits per heavy atom. The first-order valence-electron chi connectivity index (χ1n) is 11.8. The number of fused-ring (bicyclic) bond motifs is 1. The number of amides is 1. The smallest absolute Gasteiger partial charge is 0.341 e. The van der Waals surface area contributed by atoms with Gasteiger partial charge in [0.1, 0.15) is 11.3 Å². The first-order valence-corrected chi connectivity index (χ1v) is 11.8. The van der Waals surface area contributed by atoms with Gasteiger partial charge in [-0.1, -0.05) is 0 Å². The number of aromatic nitrogens is 5. The molecule has 0 spiro atoms. The third-order valence-electron chi connectivity index (χ3n) is 6.39. The number of esters is 1. The molecule has 184 valence electrons. The summed E-state index contributed by atoms with van der Waals surface area (Å²) in [7, 11) is 0. The molecule has 0 unspecified atom stereocenters. The quantitative estimate of drug-likeness (QED) is 0.400. The van der Waals surface area contributed by atoms with Crippen LogP contribution in [0, 0.1) is 20.8 Å². The van der Waals surface area contributed by atoms with E-state index in [1.807, 2.05) is 51.1 Å². The molecule has 0 fully saturated rings. The van der Waals surface area contributed by atoms with Crippen molar-refractivity contribution in [2.24, 2.45) is 0 Å². The van der Waals surface area contributed by atoms with Crippen molar-refractivity contribution in [3.05, 3.63) is 70.9 Å². The number of nitrogens with one attached hydrogen (secondary N) is 2. The molecule has 0 saturated carbocycles. The standard InChI is InChI=1S/C26H27N7O3/c1-5-36-25(35)20-14-29-33(16(20)3)19-8-6-18(7-9-19)30-26-28-11-10-21(31-26)22-15(2)23-24(34)27-12-13-32(23)17(22)4/h6-11,14H,5,12-13H2,1-4H3,(H,27,34)(H,28,30,31). The number of nitrogens with zero attached hydrogens (tertiary/aromatic N) is 5. The summed E-state index contributed by atoms with van der Waals surface area (Å²) in [6.45, 7) is 9.26. The minimum Gasteiger partial charge on any atom is -0.462 e. The zero-order chi connectivity index (χ0) is 25.4. The van der Waals surface area contributed by atoms with Gasteiger partial charge in [0.15, 0.2) is 0 Å². The van der Waals surface area contributed by atoms with Crippen molar-refractivity contribution in [2.45, 2.75) is 34.2 Å². The molecule has 0 bridgehead atoms. The van der Waals surface area contributed by atoms with Crippen LogP contribution < -0.4 is 10.6 Å². The van der Waals surface area contributed by atoms with Crippen molar-refractivity contribution >= 4 is 23.5 Å². The number of anilines is 2. The van der Waals surface area contributed by atoms with Crippen LogP contribution in [0.15, 0.2) is 42.7 Å². The van der Waals surface area contributed by atoms with Gasteiger partial charge < -0.3 is 19.9 Å². The molecule has 0 saturated heterocycles. The van der Waals surface area contributed by atoms with Gasteiger partial charge >= 0.3 is 5.97 Å². The second-order valence-corrected chi connectivity index (χ2v) is 8.55. The van der Waals surface area contributed by atoms with Gasteiger partial charge in [0.25, 0.3) is 5.91 Å². The van der Waals surface area contributed by atoms with E-state index in [1.54, 1.807) is 17.8 Å². The first-order chi connectivity index (χ1) is 17.4. The van der Waals surface area contributed by atoms with Crippen LogP contribution in [-0.2, 0) is 11.3 Å². The predicted molar refractivity (Wildman–Crippen MR) is 135 cm³/mol. The van der Waals surface area contributed by atoms with Crippen LogP contribution in [0.5, 0.6) is 0 Å². The molecule has 4 aromatic rings. The number of ether oxygens (including phenoxy) is 1. The van der Waals surface area contributed by atoms with Crippen LogP contribution in [-0.4, -0.2) is 49.3 Å². The molecular weight excluding hydrogens is 458 g/mol.